The maximum Gasteiger partial charge on any atom is 0.307 e. The van der Waals surface area contributed by atoms with E-state index >= 15 is 0 Å². The van der Waals surface area contributed by atoms with Crippen LogP contribution in [0.3, 0.4) is 0 Å². The Morgan fingerprint density at radius 2 is 1.94 bits per heavy atom. The second-order valence-corrected chi connectivity index (χ2v) is 4.89. The summed E-state index contributed by atoms with van der Waals surface area (Å²) in [5, 5.41) is 2.84. The maximum atomic E-state index is 11.5. The lowest BCUT2D eigenvalue weighted by molar-refractivity contribution is -0.143. The number of esters is 1. The zero-order valence-electron chi connectivity index (χ0n) is 12.1. The molecule has 1 N–H and O–H groups in total. The second kappa shape index (κ2) is 9.92. The molecule has 0 rings (SSSR count). The van der Waals surface area contributed by atoms with Gasteiger partial charge in [-0.05, 0) is 19.3 Å². The Labute approximate surface area is 110 Å². The van der Waals surface area contributed by atoms with E-state index in [9.17, 15) is 9.59 Å². The molecule has 1 amide bonds. The van der Waals surface area contributed by atoms with Gasteiger partial charge in [0.2, 0.25) is 5.91 Å². The number of carbonyl (C=O) groups excluding carboxylic acids is 2. The summed E-state index contributed by atoms with van der Waals surface area (Å²) in [6.45, 7) is 7.98. The van der Waals surface area contributed by atoms with Gasteiger partial charge in [-0.25, -0.2) is 0 Å². The van der Waals surface area contributed by atoms with E-state index in [-0.39, 0.29) is 24.3 Å². The monoisotopic (exact) mass is 257 g/mol. The van der Waals surface area contributed by atoms with E-state index in [0.717, 1.165) is 12.8 Å². The van der Waals surface area contributed by atoms with Gasteiger partial charge in [-0.15, -0.1) is 0 Å². The van der Waals surface area contributed by atoms with E-state index in [0.29, 0.717) is 12.5 Å². The molecule has 0 saturated carbocycles. The van der Waals surface area contributed by atoms with Crippen LogP contribution in [-0.4, -0.2) is 24.5 Å². The lowest BCUT2D eigenvalue weighted by Crippen LogP contribution is -2.36. The Morgan fingerprint density at radius 3 is 2.44 bits per heavy atom. The fourth-order valence-electron chi connectivity index (χ4n) is 2.06. The maximum absolute atomic E-state index is 11.5. The Morgan fingerprint density at radius 1 is 1.28 bits per heavy atom. The summed E-state index contributed by atoms with van der Waals surface area (Å²) in [6.07, 6.45) is 4.60. The molecule has 0 aliphatic heterocycles. The molecule has 2 atom stereocenters. The summed E-state index contributed by atoms with van der Waals surface area (Å²) < 4.78 is 4.93. The van der Waals surface area contributed by atoms with E-state index in [2.05, 4.69) is 19.2 Å². The van der Waals surface area contributed by atoms with E-state index in [1.54, 1.807) is 6.92 Å². The summed E-state index contributed by atoms with van der Waals surface area (Å²) in [5.74, 6) is 0.183. The number of carbonyl (C=O) groups is 2. The molecule has 0 aromatic rings. The fourth-order valence-corrected chi connectivity index (χ4v) is 2.06. The highest BCUT2D eigenvalue weighted by molar-refractivity contribution is 5.75. The number of unbranched alkanes of at least 4 members (excludes halogenated alkanes) is 1. The molecule has 0 bridgehead atoms. The Balaban J connectivity index is 4.21. The number of hydrogen-bond donors (Lipinski definition) is 1. The summed E-state index contributed by atoms with van der Waals surface area (Å²) in [4.78, 5) is 22.6. The first kappa shape index (κ1) is 16.9. The van der Waals surface area contributed by atoms with Crippen LogP contribution in [0.25, 0.3) is 0 Å². The Kier molecular flexibility index (Phi) is 9.33. The minimum absolute atomic E-state index is 0.0908. The van der Waals surface area contributed by atoms with E-state index < -0.39 is 0 Å². The van der Waals surface area contributed by atoms with Gasteiger partial charge in [-0.2, -0.15) is 0 Å². The van der Waals surface area contributed by atoms with Crippen LogP contribution in [0.2, 0.25) is 0 Å². The van der Waals surface area contributed by atoms with Crippen LogP contribution in [0, 0.1) is 5.92 Å². The molecule has 0 aromatic carbocycles. The van der Waals surface area contributed by atoms with Gasteiger partial charge in [0.25, 0.3) is 0 Å². The third-order valence-corrected chi connectivity index (χ3v) is 2.86. The molecule has 106 valence electrons. The van der Waals surface area contributed by atoms with Gasteiger partial charge < -0.3 is 10.1 Å². The van der Waals surface area contributed by atoms with Crippen molar-refractivity contribution in [2.45, 2.75) is 65.8 Å². The third-order valence-electron chi connectivity index (χ3n) is 2.86. The SMILES string of the molecule is CCCCC(C)CC(CC(=O)OCC)NC(C)=O. The van der Waals surface area contributed by atoms with Gasteiger partial charge in [0.05, 0.1) is 13.0 Å². The minimum Gasteiger partial charge on any atom is -0.466 e. The molecule has 4 nitrogen and oxygen atoms in total. The molecule has 0 aliphatic rings. The predicted molar refractivity (Wildman–Crippen MR) is 72.2 cm³/mol. The molecule has 0 spiro atoms. The molecular weight excluding hydrogens is 230 g/mol. The zero-order valence-corrected chi connectivity index (χ0v) is 12.1. The molecule has 0 heterocycles. The van der Waals surface area contributed by atoms with E-state index in [1.165, 1.54) is 19.8 Å². The van der Waals surface area contributed by atoms with Crippen LogP contribution in [0.1, 0.15) is 59.8 Å². The summed E-state index contributed by atoms with van der Waals surface area (Å²) in [6, 6.07) is -0.103. The van der Waals surface area contributed by atoms with Crippen LogP contribution in [-0.2, 0) is 14.3 Å². The van der Waals surface area contributed by atoms with Crippen LogP contribution < -0.4 is 5.32 Å². The first-order chi connectivity index (χ1) is 8.49. The standard InChI is InChI=1S/C14H27NO3/c1-5-7-8-11(3)9-13(15-12(4)16)10-14(17)18-6-2/h11,13H,5-10H2,1-4H3,(H,15,16). The summed E-state index contributed by atoms with van der Waals surface area (Å²) in [5.41, 5.74) is 0. The molecule has 0 aliphatic carbocycles. The zero-order chi connectivity index (χ0) is 14.0. The highest BCUT2D eigenvalue weighted by Crippen LogP contribution is 2.16. The first-order valence-corrected chi connectivity index (χ1v) is 6.92. The van der Waals surface area contributed by atoms with Crippen molar-refractivity contribution in [2.24, 2.45) is 5.92 Å². The van der Waals surface area contributed by atoms with Crippen molar-refractivity contribution in [3.05, 3.63) is 0 Å². The van der Waals surface area contributed by atoms with Crippen LogP contribution in [0.5, 0.6) is 0 Å². The molecule has 2 unspecified atom stereocenters. The van der Waals surface area contributed by atoms with E-state index in [4.69, 9.17) is 4.74 Å². The molecule has 4 heteroatoms. The molecule has 0 aromatic heterocycles. The topological polar surface area (TPSA) is 55.4 Å². The lowest BCUT2D eigenvalue weighted by atomic mass is 9.94. The minimum atomic E-state index is -0.237. The smallest absolute Gasteiger partial charge is 0.307 e. The third kappa shape index (κ3) is 9.02. The molecule has 18 heavy (non-hydrogen) atoms. The van der Waals surface area contributed by atoms with Crippen molar-refractivity contribution in [3.8, 4) is 0 Å². The molecule has 0 fully saturated rings. The Hall–Kier alpha value is -1.06. The van der Waals surface area contributed by atoms with Crippen molar-refractivity contribution in [2.75, 3.05) is 6.61 Å². The van der Waals surface area contributed by atoms with Crippen LogP contribution >= 0.6 is 0 Å². The number of hydrogen-bond acceptors (Lipinski definition) is 3. The van der Waals surface area contributed by atoms with Crippen molar-refractivity contribution < 1.29 is 14.3 Å². The van der Waals surface area contributed by atoms with Crippen molar-refractivity contribution in [1.29, 1.82) is 0 Å². The second-order valence-electron chi connectivity index (χ2n) is 4.89. The number of rotatable bonds is 9. The van der Waals surface area contributed by atoms with Crippen LogP contribution in [0.4, 0.5) is 0 Å². The van der Waals surface area contributed by atoms with Gasteiger partial charge in [-0.1, -0.05) is 33.1 Å². The summed E-state index contributed by atoms with van der Waals surface area (Å²) >= 11 is 0. The average molecular weight is 257 g/mol. The number of ether oxygens (including phenoxy) is 1. The average Bonchev–Trinajstić information content (AvgIpc) is 2.25. The van der Waals surface area contributed by atoms with Crippen molar-refractivity contribution >= 4 is 11.9 Å². The Bertz CT molecular complexity index is 253. The molecule has 0 saturated heterocycles. The molecular formula is C14H27NO3. The molecule has 0 radical (unpaired) electrons. The summed E-state index contributed by atoms with van der Waals surface area (Å²) in [7, 11) is 0. The lowest BCUT2D eigenvalue weighted by Gasteiger charge is -2.21. The van der Waals surface area contributed by atoms with Gasteiger partial charge in [0.15, 0.2) is 0 Å². The highest BCUT2D eigenvalue weighted by Gasteiger charge is 2.18. The normalized spacial score (nSPS) is 13.8. The number of nitrogens with one attached hydrogen (secondary N) is 1. The van der Waals surface area contributed by atoms with Crippen molar-refractivity contribution in [1.82, 2.24) is 5.32 Å². The van der Waals surface area contributed by atoms with E-state index in [1.807, 2.05) is 0 Å². The first-order valence-electron chi connectivity index (χ1n) is 6.92. The van der Waals surface area contributed by atoms with Gasteiger partial charge >= 0.3 is 5.97 Å². The van der Waals surface area contributed by atoms with Gasteiger partial charge in [-0.3, -0.25) is 9.59 Å². The van der Waals surface area contributed by atoms with Gasteiger partial charge in [0, 0.05) is 13.0 Å². The van der Waals surface area contributed by atoms with Crippen molar-refractivity contribution in [3.63, 3.8) is 0 Å². The largest absolute Gasteiger partial charge is 0.466 e. The van der Waals surface area contributed by atoms with Gasteiger partial charge in [0.1, 0.15) is 0 Å². The number of amides is 1. The van der Waals surface area contributed by atoms with Crippen LogP contribution in [0.15, 0.2) is 0 Å². The predicted octanol–water partition coefficient (Wildman–Crippen LogP) is 2.66. The quantitative estimate of drug-likeness (QED) is 0.646. The fraction of sp³-hybridized carbons (Fsp3) is 0.857. The highest BCUT2D eigenvalue weighted by atomic mass is 16.5.